The third kappa shape index (κ3) is 3.20. The van der Waals surface area contributed by atoms with Crippen molar-refractivity contribution in [1.82, 2.24) is 10.2 Å². The molecule has 0 radical (unpaired) electrons. The molecule has 0 spiro atoms. The van der Waals surface area contributed by atoms with Gasteiger partial charge < -0.3 is 15.0 Å². The number of ether oxygens (including phenoxy) is 1. The van der Waals surface area contributed by atoms with E-state index in [2.05, 4.69) is 5.32 Å². The highest BCUT2D eigenvalue weighted by Gasteiger charge is 2.32. The molecule has 1 rings (SSSR count). The molecule has 2 amide bonds. The SMILES string of the molecule is CCCC1C(=O)NCC(=O)N1CCCOC. The number of piperazine rings is 1. The minimum Gasteiger partial charge on any atom is -0.385 e. The molecule has 1 aliphatic rings. The van der Waals surface area contributed by atoms with Gasteiger partial charge in [-0.2, -0.15) is 0 Å². The van der Waals surface area contributed by atoms with Gasteiger partial charge in [-0.05, 0) is 12.8 Å². The second kappa shape index (κ2) is 6.48. The van der Waals surface area contributed by atoms with Crippen LogP contribution >= 0.6 is 0 Å². The first-order valence-electron chi connectivity index (χ1n) is 5.76. The van der Waals surface area contributed by atoms with Crippen molar-refractivity contribution in [2.75, 3.05) is 26.8 Å². The average Bonchev–Trinajstić information content (AvgIpc) is 2.27. The van der Waals surface area contributed by atoms with Gasteiger partial charge in [0.25, 0.3) is 0 Å². The van der Waals surface area contributed by atoms with Crippen LogP contribution in [0.25, 0.3) is 0 Å². The van der Waals surface area contributed by atoms with Crippen molar-refractivity contribution in [2.45, 2.75) is 32.2 Å². The summed E-state index contributed by atoms with van der Waals surface area (Å²) in [6, 6.07) is -0.289. The predicted octanol–water partition coefficient (Wildman–Crippen LogP) is 0.150. The van der Waals surface area contributed by atoms with Gasteiger partial charge in [0.1, 0.15) is 6.04 Å². The number of hydrogen-bond acceptors (Lipinski definition) is 3. The molecule has 1 atom stereocenters. The van der Waals surface area contributed by atoms with Gasteiger partial charge in [-0.25, -0.2) is 0 Å². The van der Waals surface area contributed by atoms with Gasteiger partial charge in [0, 0.05) is 20.3 Å². The minimum atomic E-state index is -0.289. The summed E-state index contributed by atoms with van der Waals surface area (Å²) in [4.78, 5) is 25.0. The number of nitrogens with one attached hydrogen (secondary N) is 1. The lowest BCUT2D eigenvalue weighted by molar-refractivity contribution is -0.146. The fraction of sp³-hybridized carbons (Fsp3) is 0.818. The van der Waals surface area contributed by atoms with Gasteiger partial charge in [-0.1, -0.05) is 13.3 Å². The number of carbonyl (C=O) groups is 2. The van der Waals surface area contributed by atoms with Gasteiger partial charge in [0.2, 0.25) is 11.8 Å². The van der Waals surface area contributed by atoms with Crippen LogP contribution in [-0.4, -0.2) is 49.6 Å². The van der Waals surface area contributed by atoms with Crippen LogP contribution in [0.15, 0.2) is 0 Å². The van der Waals surface area contributed by atoms with Gasteiger partial charge in [0.05, 0.1) is 6.54 Å². The van der Waals surface area contributed by atoms with Crippen molar-refractivity contribution in [2.24, 2.45) is 0 Å². The summed E-state index contributed by atoms with van der Waals surface area (Å²) in [5.41, 5.74) is 0. The molecular weight excluding hydrogens is 208 g/mol. The van der Waals surface area contributed by atoms with Crippen LogP contribution < -0.4 is 5.32 Å². The predicted molar refractivity (Wildman–Crippen MR) is 59.9 cm³/mol. The minimum absolute atomic E-state index is 0.00848. The molecule has 0 aromatic carbocycles. The molecule has 1 heterocycles. The van der Waals surface area contributed by atoms with E-state index >= 15 is 0 Å². The van der Waals surface area contributed by atoms with Crippen molar-refractivity contribution < 1.29 is 14.3 Å². The Bertz CT molecular complexity index is 256. The number of methoxy groups -OCH3 is 1. The normalized spacial score (nSPS) is 21.1. The Hall–Kier alpha value is -1.10. The van der Waals surface area contributed by atoms with Crippen molar-refractivity contribution in [3.63, 3.8) is 0 Å². The van der Waals surface area contributed by atoms with Crippen molar-refractivity contribution in [3.8, 4) is 0 Å². The number of rotatable bonds is 6. The molecule has 0 aromatic rings. The van der Waals surface area contributed by atoms with E-state index in [1.54, 1.807) is 12.0 Å². The monoisotopic (exact) mass is 228 g/mol. The zero-order valence-electron chi connectivity index (χ0n) is 9.99. The largest absolute Gasteiger partial charge is 0.385 e. The highest BCUT2D eigenvalue weighted by atomic mass is 16.5. The summed E-state index contributed by atoms with van der Waals surface area (Å²) < 4.78 is 4.95. The molecule has 0 bridgehead atoms. The smallest absolute Gasteiger partial charge is 0.243 e. The van der Waals surface area contributed by atoms with Gasteiger partial charge in [-0.15, -0.1) is 0 Å². The summed E-state index contributed by atoms with van der Waals surface area (Å²) >= 11 is 0. The maximum Gasteiger partial charge on any atom is 0.243 e. The lowest BCUT2D eigenvalue weighted by atomic mass is 10.1. The molecule has 92 valence electrons. The van der Waals surface area contributed by atoms with Crippen molar-refractivity contribution in [3.05, 3.63) is 0 Å². The first-order chi connectivity index (χ1) is 7.70. The number of amides is 2. The Labute approximate surface area is 96.1 Å². The zero-order chi connectivity index (χ0) is 12.0. The number of carbonyl (C=O) groups excluding carboxylic acids is 2. The fourth-order valence-corrected chi connectivity index (χ4v) is 1.92. The molecule has 16 heavy (non-hydrogen) atoms. The first kappa shape index (κ1) is 13.0. The number of nitrogens with zero attached hydrogens (tertiary/aromatic N) is 1. The van der Waals surface area contributed by atoms with Crippen LogP contribution in [0.2, 0.25) is 0 Å². The maximum atomic E-state index is 11.7. The van der Waals surface area contributed by atoms with E-state index in [0.29, 0.717) is 13.2 Å². The molecule has 1 fully saturated rings. The van der Waals surface area contributed by atoms with Gasteiger partial charge in [-0.3, -0.25) is 9.59 Å². The molecule has 1 unspecified atom stereocenters. The van der Waals surface area contributed by atoms with Crippen LogP contribution in [0.5, 0.6) is 0 Å². The summed E-state index contributed by atoms with van der Waals surface area (Å²) in [7, 11) is 1.63. The summed E-state index contributed by atoms with van der Waals surface area (Å²) in [5.74, 6) is -0.0204. The molecule has 5 nitrogen and oxygen atoms in total. The molecule has 0 aromatic heterocycles. The standard InChI is InChI=1S/C11H20N2O3/c1-3-5-9-11(15)12-8-10(14)13(9)6-4-7-16-2/h9H,3-8H2,1-2H3,(H,12,15). The van der Waals surface area contributed by atoms with Crippen LogP contribution in [-0.2, 0) is 14.3 Å². The van der Waals surface area contributed by atoms with E-state index in [-0.39, 0.29) is 24.4 Å². The summed E-state index contributed by atoms with van der Waals surface area (Å²) in [6.07, 6.45) is 2.40. The third-order valence-electron chi connectivity index (χ3n) is 2.72. The van der Waals surface area contributed by atoms with Crippen molar-refractivity contribution >= 4 is 11.8 Å². The lowest BCUT2D eigenvalue weighted by Gasteiger charge is -2.34. The molecule has 1 N–H and O–H groups in total. The quantitative estimate of drug-likeness (QED) is 0.658. The second-order valence-corrected chi connectivity index (χ2v) is 3.96. The Morgan fingerprint density at radius 3 is 2.88 bits per heavy atom. The Balaban J connectivity index is 2.57. The lowest BCUT2D eigenvalue weighted by Crippen LogP contribution is -2.58. The summed E-state index contributed by atoms with van der Waals surface area (Å²) in [5, 5.41) is 2.63. The molecule has 1 aliphatic heterocycles. The summed E-state index contributed by atoms with van der Waals surface area (Å²) in [6.45, 7) is 3.36. The maximum absolute atomic E-state index is 11.7. The van der Waals surface area contributed by atoms with E-state index in [9.17, 15) is 9.59 Å². The van der Waals surface area contributed by atoms with Gasteiger partial charge in [0.15, 0.2) is 0 Å². The molecule has 0 saturated carbocycles. The van der Waals surface area contributed by atoms with E-state index in [0.717, 1.165) is 19.3 Å². The van der Waals surface area contributed by atoms with Crippen LogP contribution in [0.1, 0.15) is 26.2 Å². The zero-order valence-corrected chi connectivity index (χ0v) is 9.99. The molecular formula is C11H20N2O3. The molecule has 0 aliphatic carbocycles. The highest BCUT2D eigenvalue weighted by Crippen LogP contribution is 2.12. The topological polar surface area (TPSA) is 58.6 Å². The fourth-order valence-electron chi connectivity index (χ4n) is 1.92. The van der Waals surface area contributed by atoms with Gasteiger partial charge >= 0.3 is 0 Å². The average molecular weight is 228 g/mol. The first-order valence-corrected chi connectivity index (χ1v) is 5.76. The van der Waals surface area contributed by atoms with Crippen LogP contribution in [0.4, 0.5) is 0 Å². The highest BCUT2D eigenvalue weighted by molar-refractivity contribution is 5.94. The van der Waals surface area contributed by atoms with E-state index < -0.39 is 0 Å². The van der Waals surface area contributed by atoms with Crippen LogP contribution in [0.3, 0.4) is 0 Å². The van der Waals surface area contributed by atoms with Crippen molar-refractivity contribution in [1.29, 1.82) is 0 Å². The Morgan fingerprint density at radius 2 is 2.25 bits per heavy atom. The molecule has 1 saturated heterocycles. The van der Waals surface area contributed by atoms with E-state index in [1.807, 2.05) is 6.92 Å². The van der Waals surface area contributed by atoms with E-state index in [4.69, 9.17) is 4.74 Å². The second-order valence-electron chi connectivity index (χ2n) is 3.96. The molecule has 5 heteroatoms. The Kier molecular flexibility index (Phi) is 5.25. The van der Waals surface area contributed by atoms with E-state index in [1.165, 1.54) is 0 Å². The number of hydrogen-bond donors (Lipinski definition) is 1. The Morgan fingerprint density at radius 1 is 1.50 bits per heavy atom. The third-order valence-corrected chi connectivity index (χ3v) is 2.72. The van der Waals surface area contributed by atoms with Crippen LogP contribution in [0, 0.1) is 0 Å².